The molecule has 1 aromatic heterocycles. The number of hydrogen-bond donors (Lipinski definition) is 3. The van der Waals surface area contributed by atoms with E-state index < -0.39 is 10.0 Å². The van der Waals surface area contributed by atoms with E-state index in [-0.39, 0.29) is 23.8 Å². The summed E-state index contributed by atoms with van der Waals surface area (Å²) in [4.78, 5) is 13.1. The Balaban J connectivity index is 2.39. The Morgan fingerprint density at radius 3 is 2.75 bits per heavy atom. The second kappa shape index (κ2) is 6.14. The molecule has 0 radical (unpaired) electrons. The molecule has 92 valence electrons. The van der Waals surface area contributed by atoms with Crippen LogP contribution in [0.15, 0.2) is 10.2 Å². The van der Waals surface area contributed by atoms with Gasteiger partial charge in [0.15, 0.2) is 0 Å². The van der Waals surface area contributed by atoms with Gasteiger partial charge in [-0.3, -0.25) is 4.79 Å². The van der Waals surface area contributed by atoms with Gasteiger partial charge < -0.3 is 10.1 Å². The van der Waals surface area contributed by atoms with Gasteiger partial charge in [-0.25, -0.2) is 13.1 Å². The van der Waals surface area contributed by atoms with Crippen LogP contribution in [-0.2, 0) is 16.6 Å². The van der Waals surface area contributed by atoms with Crippen LogP contribution in [0.2, 0.25) is 0 Å². The predicted molar refractivity (Wildman–Crippen MR) is 61.9 cm³/mol. The van der Waals surface area contributed by atoms with Crippen molar-refractivity contribution < 1.29 is 13.5 Å². The van der Waals surface area contributed by atoms with Crippen molar-refractivity contribution in [2.24, 2.45) is 0 Å². The third-order valence-electron chi connectivity index (χ3n) is 1.87. The van der Waals surface area contributed by atoms with Gasteiger partial charge in [0.25, 0.3) is 0 Å². The number of aliphatic hydroxyl groups excluding tert-OH is 1. The van der Waals surface area contributed by atoms with Gasteiger partial charge in [0.1, 0.15) is 0 Å². The average molecular weight is 266 g/mol. The van der Waals surface area contributed by atoms with Crippen molar-refractivity contribution in [2.45, 2.75) is 19.4 Å². The molecule has 6 nitrogen and oxygen atoms in total. The molecule has 1 rings (SSSR count). The third-order valence-corrected chi connectivity index (χ3v) is 4.00. The molecule has 8 heteroatoms. The van der Waals surface area contributed by atoms with E-state index in [1.165, 1.54) is 0 Å². The van der Waals surface area contributed by atoms with Crippen molar-refractivity contribution in [1.82, 2.24) is 9.71 Å². The van der Waals surface area contributed by atoms with E-state index in [9.17, 15) is 13.2 Å². The molecule has 0 fully saturated rings. The van der Waals surface area contributed by atoms with Crippen molar-refractivity contribution >= 4 is 21.4 Å². The smallest absolute Gasteiger partial charge is 0.304 e. The molecule has 0 aromatic carbocycles. The van der Waals surface area contributed by atoms with Gasteiger partial charge in [0.2, 0.25) is 10.0 Å². The maximum absolute atomic E-state index is 11.4. The number of unbranched alkanes of at least 4 members (excludes halogenated alkanes) is 1. The van der Waals surface area contributed by atoms with E-state index in [1.54, 1.807) is 5.38 Å². The Labute approximate surface area is 97.4 Å². The number of aromatic nitrogens is 1. The third kappa shape index (κ3) is 4.88. The first kappa shape index (κ1) is 13.4. The van der Waals surface area contributed by atoms with Crippen LogP contribution in [-0.4, -0.2) is 30.9 Å². The van der Waals surface area contributed by atoms with Gasteiger partial charge in [-0.2, -0.15) is 0 Å². The van der Waals surface area contributed by atoms with E-state index in [1.807, 2.05) is 0 Å². The zero-order chi connectivity index (χ0) is 12.0. The van der Waals surface area contributed by atoms with Crippen molar-refractivity contribution in [3.05, 3.63) is 20.7 Å². The summed E-state index contributed by atoms with van der Waals surface area (Å²) in [6.45, 7) is 0.0908. The second-order valence-corrected chi connectivity index (χ2v) is 6.01. The number of hydrogen-bond acceptors (Lipinski definition) is 5. The fraction of sp³-hybridized carbons (Fsp3) is 0.625. The van der Waals surface area contributed by atoms with Crippen LogP contribution in [0.1, 0.15) is 18.5 Å². The molecular formula is C8H14N2O4S2. The van der Waals surface area contributed by atoms with Gasteiger partial charge in [-0.1, -0.05) is 11.3 Å². The molecule has 1 aromatic rings. The number of nitrogens with one attached hydrogen (secondary N) is 2. The summed E-state index contributed by atoms with van der Waals surface area (Å²) in [5.41, 5.74) is 0.556. The van der Waals surface area contributed by atoms with Crippen LogP contribution in [0.4, 0.5) is 0 Å². The monoisotopic (exact) mass is 266 g/mol. The molecule has 0 bridgehead atoms. The first-order chi connectivity index (χ1) is 7.53. The lowest BCUT2D eigenvalue weighted by Crippen LogP contribution is -2.26. The molecular weight excluding hydrogens is 252 g/mol. The minimum absolute atomic E-state index is 0.00658. The van der Waals surface area contributed by atoms with Crippen LogP contribution < -0.4 is 9.60 Å². The van der Waals surface area contributed by atoms with Crippen molar-refractivity contribution in [3.8, 4) is 0 Å². The van der Waals surface area contributed by atoms with Crippen LogP contribution in [0.5, 0.6) is 0 Å². The topological polar surface area (TPSA) is 99.3 Å². The number of rotatable bonds is 7. The predicted octanol–water partition coefficient (Wildman–Crippen LogP) is -0.372. The Morgan fingerprint density at radius 2 is 2.19 bits per heavy atom. The highest BCUT2D eigenvalue weighted by Crippen LogP contribution is 1.98. The number of aromatic amines is 1. The van der Waals surface area contributed by atoms with E-state index >= 15 is 0 Å². The Hall–Kier alpha value is -0.700. The summed E-state index contributed by atoms with van der Waals surface area (Å²) in [6, 6.07) is 0. The van der Waals surface area contributed by atoms with Crippen molar-refractivity contribution in [1.29, 1.82) is 0 Å². The molecule has 0 amide bonds. The normalized spacial score (nSPS) is 11.8. The van der Waals surface area contributed by atoms with Crippen LogP contribution in [0, 0.1) is 0 Å². The SMILES string of the molecule is O=c1[nH]c(CNS(=O)(=O)CCCCO)cs1. The summed E-state index contributed by atoms with van der Waals surface area (Å²) < 4.78 is 25.2. The summed E-state index contributed by atoms with van der Waals surface area (Å²) in [5, 5.41) is 10.1. The molecule has 16 heavy (non-hydrogen) atoms. The molecule has 0 atom stereocenters. The zero-order valence-corrected chi connectivity index (χ0v) is 10.2. The summed E-state index contributed by atoms with van der Waals surface area (Å²) in [7, 11) is -3.32. The van der Waals surface area contributed by atoms with E-state index in [0.717, 1.165) is 11.3 Å². The highest BCUT2D eigenvalue weighted by Gasteiger charge is 2.09. The minimum atomic E-state index is -3.32. The molecule has 3 N–H and O–H groups in total. The van der Waals surface area contributed by atoms with Gasteiger partial charge in [-0.05, 0) is 12.8 Å². The maximum Gasteiger partial charge on any atom is 0.304 e. The molecule has 0 aliphatic rings. The summed E-state index contributed by atoms with van der Waals surface area (Å²) in [6.07, 6.45) is 0.891. The first-order valence-corrected chi connectivity index (χ1v) is 7.31. The molecule has 1 heterocycles. The maximum atomic E-state index is 11.4. The van der Waals surface area contributed by atoms with Gasteiger partial charge >= 0.3 is 4.87 Å². The number of thiazole rings is 1. The lowest BCUT2D eigenvalue weighted by atomic mass is 10.4. The zero-order valence-electron chi connectivity index (χ0n) is 8.60. The van der Waals surface area contributed by atoms with Crippen LogP contribution in [0.25, 0.3) is 0 Å². The molecule has 0 saturated carbocycles. The largest absolute Gasteiger partial charge is 0.396 e. The van der Waals surface area contributed by atoms with Crippen molar-refractivity contribution in [2.75, 3.05) is 12.4 Å². The average Bonchev–Trinajstić information content (AvgIpc) is 2.62. The standard InChI is InChI=1S/C8H14N2O4S2/c11-3-1-2-4-16(13,14)9-5-7-6-15-8(12)10-7/h6,9,11H,1-5H2,(H,10,12). The molecule has 0 saturated heterocycles. The number of aliphatic hydroxyl groups is 1. The summed E-state index contributed by atoms with van der Waals surface area (Å²) >= 11 is 0.997. The molecule has 0 spiro atoms. The van der Waals surface area contributed by atoms with E-state index in [2.05, 4.69) is 9.71 Å². The Bertz CT molecular complexity index is 462. The first-order valence-electron chi connectivity index (χ1n) is 4.78. The fourth-order valence-electron chi connectivity index (χ4n) is 1.06. The molecule has 0 unspecified atom stereocenters. The second-order valence-electron chi connectivity index (χ2n) is 3.24. The highest BCUT2D eigenvalue weighted by molar-refractivity contribution is 7.89. The Morgan fingerprint density at radius 1 is 1.44 bits per heavy atom. The van der Waals surface area contributed by atoms with Crippen molar-refractivity contribution in [3.63, 3.8) is 0 Å². The lowest BCUT2D eigenvalue weighted by Gasteiger charge is -2.04. The highest BCUT2D eigenvalue weighted by atomic mass is 32.2. The minimum Gasteiger partial charge on any atom is -0.396 e. The molecule has 0 aliphatic carbocycles. The summed E-state index contributed by atoms with van der Waals surface area (Å²) in [5.74, 6) is -0.0120. The van der Waals surface area contributed by atoms with Gasteiger partial charge in [0, 0.05) is 17.7 Å². The Kier molecular flexibility index (Phi) is 5.13. The van der Waals surface area contributed by atoms with E-state index in [0.29, 0.717) is 18.5 Å². The lowest BCUT2D eigenvalue weighted by molar-refractivity contribution is 0.287. The fourth-order valence-corrected chi connectivity index (χ4v) is 2.75. The van der Waals surface area contributed by atoms with E-state index in [4.69, 9.17) is 5.11 Å². The van der Waals surface area contributed by atoms with Gasteiger partial charge in [0.05, 0.1) is 12.3 Å². The molecule has 0 aliphatic heterocycles. The number of H-pyrrole nitrogens is 1. The number of sulfonamides is 1. The van der Waals surface area contributed by atoms with Gasteiger partial charge in [-0.15, -0.1) is 0 Å². The quantitative estimate of drug-likeness (QED) is 0.586. The van der Waals surface area contributed by atoms with Crippen LogP contribution >= 0.6 is 11.3 Å². The van der Waals surface area contributed by atoms with Crippen LogP contribution in [0.3, 0.4) is 0 Å².